The van der Waals surface area contributed by atoms with Crippen LogP contribution in [-0.2, 0) is 26.6 Å². The van der Waals surface area contributed by atoms with E-state index >= 15 is 0 Å². The van der Waals surface area contributed by atoms with Crippen LogP contribution in [0.5, 0.6) is 0 Å². The van der Waals surface area contributed by atoms with Gasteiger partial charge >= 0.3 is 0 Å². The van der Waals surface area contributed by atoms with Gasteiger partial charge in [-0.25, -0.2) is 0 Å². The van der Waals surface area contributed by atoms with Gasteiger partial charge in [-0.15, -0.1) is 10.2 Å². The van der Waals surface area contributed by atoms with Gasteiger partial charge in [-0.3, -0.25) is 9.48 Å². The van der Waals surface area contributed by atoms with E-state index in [1.165, 1.54) is 5.69 Å². The number of carbonyl (C=O) groups excluding carboxylic acids is 1. The lowest BCUT2D eigenvalue weighted by atomic mass is 10.0. The van der Waals surface area contributed by atoms with E-state index in [1.807, 2.05) is 54.1 Å². The molecule has 1 aliphatic rings. The molecule has 0 saturated carbocycles. The first-order chi connectivity index (χ1) is 13.5. The van der Waals surface area contributed by atoms with Gasteiger partial charge < -0.3 is 9.47 Å². The minimum absolute atomic E-state index is 0.0697. The van der Waals surface area contributed by atoms with Gasteiger partial charge in [0.2, 0.25) is 0 Å². The van der Waals surface area contributed by atoms with E-state index in [4.69, 9.17) is 5.10 Å². The number of aromatic nitrogens is 5. The molecule has 146 valence electrons. The van der Waals surface area contributed by atoms with Crippen molar-refractivity contribution in [1.82, 2.24) is 29.4 Å². The van der Waals surface area contributed by atoms with Crippen LogP contribution >= 0.6 is 11.8 Å². The van der Waals surface area contributed by atoms with Crippen LogP contribution in [0.4, 0.5) is 0 Å². The zero-order valence-electron chi connectivity index (χ0n) is 16.6. The van der Waals surface area contributed by atoms with E-state index in [0.29, 0.717) is 13.1 Å². The van der Waals surface area contributed by atoms with Crippen LogP contribution in [0.1, 0.15) is 34.1 Å². The number of carbonyl (C=O) groups is 1. The molecule has 8 heteroatoms. The highest BCUT2D eigenvalue weighted by molar-refractivity contribution is 7.98. The molecule has 3 aromatic rings. The molecule has 1 amide bonds. The Morgan fingerprint density at radius 3 is 2.75 bits per heavy atom. The lowest BCUT2D eigenvalue weighted by Gasteiger charge is -2.28. The van der Waals surface area contributed by atoms with Crippen molar-refractivity contribution in [2.75, 3.05) is 12.8 Å². The monoisotopic (exact) mass is 396 g/mol. The van der Waals surface area contributed by atoms with Crippen LogP contribution in [0.15, 0.2) is 29.4 Å². The van der Waals surface area contributed by atoms with Gasteiger partial charge in [0, 0.05) is 43.4 Å². The zero-order valence-corrected chi connectivity index (χ0v) is 17.5. The van der Waals surface area contributed by atoms with Gasteiger partial charge in [0.15, 0.2) is 11.0 Å². The summed E-state index contributed by atoms with van der Waals surface area (Å²) in [7, 11) is 1.96. The summed E-state index contributed by atoms with van der Waals surface area (Å²) in [5.41, 5.74) is 4.83. The number of hydrogen-bond donors (Lipinski definition) is 0. The van der Waals surface area contributed by atoms with Gasteiger partial charge in [0.05, 0.1) is 6.54 Å². The maximum absolute atomic E-state index is 13.1. The maximum Gasteiger partial charge on any atom is 0.254 e. The first-order valence-corrected chi connectivity index (χ1v) is 10.6. The Balaban J connectivity index is 1.72. The number of fused-ring (bicyclic) bond motifs is 1. The molecule has 0 N–H and O–H groups in total. The highest BCUT2D eigenvalue weighted by Gasteiger charge is 2.30. The summed E-state index contributed by atoms with van der Waals surface area (Å²) < 4.78 is 4.00. The molecule has 1 aromatic carbocycles. The molecule has 0 radical (unpaired) electrons. The van der Waals surface area contributed by atoms with E-state index in [0.717, 1.165) is 46.3 Å². The molecule has 0 unspecified atom stereocenters. The van der Waals surface area contributed by atoms with Gasteiger partial charge in [0.1, 0.15) is 5.69 Å². The van der Waals surface area contributed by atoms with Gasteiger partial charge in [-0.05, 0) is 31.7 Å². The molecule has 0 spiro atoms. The van der Waals surface area contributed by atoms with Gasteiger partial charge in [-0.2, -0.15) is 5.10 Å². The number of rotatable bonds is 4. The van der Waals surface area contributed by atoms with Crippen LogP contribution in [0, 0.1) is 6.92 Å². The Hall–Kier alpha value is -2.61. The largest absolute Gasteiger partial charge is 0.334 e. The lowest BCUT2D eigenvalue weighted by Crippen LogP contribution is -2.36. The summed E-state index contributed by atoms with van der Waals surface area (Å²) in [4.78, 5) is 15.0. The third-order valence-corrected chi connectivity index (χ3v) is 6.00. The first kappa shape index (κ1) is 18.7. The Morgan fingerprint density at radius 1 is 1.25 bits per heavy atom. The number of nitrogens with zero attached hydrogens (tertiary/aromatic N) is 6. The molecule has 28 heavy (non-hydrogen) atoms. The molecule has 4 rings (SSSR count). The van der Waals surface area contributed by atoms with E-state index in [-0.39, 0.29) is 5.91 Å². The second kappa shape index (κ2) is 7.43. The number of aryl methyl sites for hydroxylation is 2. The maximum atomic E-state index is 13.1. The fourth-order valence-corrected chi connectivity index (χ4v) is 4.39. The highest BCUT2D eigenvalue weighted by Crippen LogP contribution is 2.31. The Kier molecular flexibility index (Phi) is 4.97. The number of amides is 1. The van der Waals surface area contributed by atoms with E-state index < -0.39 is 0 Å². The van der Waals surface area contributed by atoms with Crippen LogP contribution < -0.4 is 0 Å². The number of thioether (sulfide) groups is 1. The van der Waals surface area contributed by atoms with Crippen molar-refractivity contribution in [3.63, 3.8) is 0 Å². The Morgan fingerprint density at radius 2 is 2.04 bits per heavy atom. The molecule has 1 aliphatic heterocycles. The van der Waals surface area contributed by atoms with Crippen molar-refractivity contribution >= 4 is 17.7 Å². The van der Waals surface area contributed by atoms with E-state index in [9.17, 15) is 4.79 Å². The minimum Gasteiger partial charge on any atom is -0.334 e. The highest BCUT2D eigenvalue weighted by atomic mass is 32.2. The van der Waals surface area contributed by atoms with Crippen LogP contribution in [0.2, 0.25) is 0 Å². The summed E-state index contributed by atoms with van der Waals surface area (Å²) in [5.74, 6) is 0.842. The quantitative estimate of drug-likeness (QED) is 0.634. The average Bonchev–Trinajstić information content (AvgIpc) is 3.27. The third-order valence-electron chi connectivity index (χ3n) is 5.33. The van der Waals surface area contributed by atoms with Crippen LogP contribution in [0.25, 0.3) is 11.5 Å². The molecular weight excluding hydrogens is 372 g/mol. The minimum atomic E-state index is 0.0697. The predicted molar refractivity (Wildman–Crippen MR) is 109 cm³/mol. The molecule has 3 heterocycles. The Bertz CT molecular complexity index is 1040. The van der Waals surface area contributed by atoms with Crippen molar-refractivity contribution in [2.45, 2.75) is 38.5 Å². The van der Waals surface area contributed by atoms with Crippen molar-refractivity contribution in [3.8, 4) is 11.5 Å². The molecule has 0 bridgehead atoms. The summed E-state index contributed by atoms with van der Waals surface area (Å²) in [6.45, 7) is 6.06. The summed E-state index contributed by atoms with van der Waals surface area (Å²) in [6, 6.07) is 7.75. The van der Waals surface area contributed by atoms with Crippen molar-refractivity contribution < 1.29 is 4.79 Å². The SMILES string of the molecule is CCn1c(SC)nnc1-c1nn(C)c2c1CN(C(=O)c1ccccc1C)CC2. The fourth-order valence-electron chi connectivity index (χ4n) is 3.83. The average molecular weight is 397 g/mol. The summed E-state index contributed by atoms with van der Waals surface area (Å²) in [6.07, 6.45) is 2.78. The third kappa shape index (κ3) is 3.01. The Labute approximate surface area is 168 Å². The smallest absolute Gasteiger partial charge is 0.254 e. The van der Waals surface area contributed by atoms with Crippen molar-refractivity contribution in [1.29, 1.82) is 0 Å². The van der Waals surface area contributed by atoms with Crippen molar-refractivity contribution in [2.24, 2.45) is 7.05 Å². The molecule has 0 fully saturated rings. The van der Waals surface area contributed by atoms with Crippen LogP contribution in [-0.4, -0.2) is 48.2 Å². The number of benzene rings is 1. The molecule has 0 atom stereocenters. The second-order valence-electron chi connectivity index (χ2n) is 6.94. The predicted octanol–water partition coefficient (Wildman–Crippen LogP) is 2.93. The molecule has 0 aliphatic carbocycles. The second-order valence-corrected chi connectivity index (χ2v) is 7.72. The molecular formula is C20H24N6OS. The van der Waals surface area contributed by atoms with E-state index in [2.05, 4.69) is 21.7 Å². The molecule has 7 nitrogen and oxygen atoms in total. The summed E-state index contributed by atoms with van der Waals surface area (Å²) >= 11 is 1.57. The molecule has 0 saturated heterocycles. The van der Waals surface area contributed by atoms with Crippen molar-refractivity contribution in [3.05, 3.63) is 46.6 Å². The summed E-state index contributed by atoms with van der Waals surface area (Å²) in [5, 5.41) is 14.3. The number of hydrogen-bond acceptors (Lipinski definition) is 5. The first-order valence-electron chi connectivity index (χ1n) is 9.42. The van der Waals surface area contributed by atoms with Gasteiger partial charge in [0.25, 0.3) is 5.91 Å². The fraction of sp³-hybridized carbons (Fsp3) is 0.400. The van der Waals surface area contributed by atoms with Crippen LogP contribution in [0.3, 0.4) is 0 Å². The molecule has 2 aromatic heterocycles. The zero-order chi connectivity index (χ0) is 19.8. The van der Waals surface area contributed by atoms with E-state index in [1.54, 1.807) is 11.8 Å². The topological polar surface area (TPSA) is 68.8 Å². The normalized spacial score (nSPS) is 13.6. The lowest BCUT2D eigenvalue weighted by molar-refractivity contribution is 0.0733. The van der Waals surface area contributed by atoms with Gasteiger partial charge in [-0.1, -0.05) is 30.0 Å². The standard InChI is InChI=1S/C20H24N6OS/c1-5-26-18(21-22-20(26)28-4)17-15-12-25(11-10-16(15)24(3)23-17)19(27)14-9-7-6-8-13(14)2/h6-9H,5,10-12H2,1-4H3.